The molecule has 1 aromatic carbocycles. The third-order valence-corrected chi connectivity index (χ3v) is 3.42. The first-order valence-corrected chi connectivity index (χ1v) is 6.19. The van der Waals surface area contributed by atoms with Crippen molar-refractivity contribution in [3.05, 3.63) is 23.8 Å². The summed E-state index contributed by atoms with van der Waals surface area (Å²) in [7, 11) is 0. The van der Waals surface area contributed by atoms with Gasteiger partial charge in [-0.15, -0.1) is 0 Å². The third kappa shape index (κ3) is 2.00. The molecule has 1 aromatic rings. The number of hydrogen-bond donors (Lipinski definition) is 1. The molecule has 0 saturated heterocycles. The topological polar surface area (TPSA) is 38.7 Å². The van der Waals surface area contributed by atoms with Gasteiger partial charge in [0.15, 0.2) is 11.5 Å². The smallest absolute Gasteiger partial charge is 0.165 e. The summed E-state index contributed by atoms with van der Waals surface area (Å²) in [6.45, 7) is 4.17. The van der Waals surface area contributed by atoms with Crippen LogP contribution in [0.15, 0.2) is 18.2 Å². The lowest BCUT2D eigenvalue weighted by Gasteiger charge is -2.32. The lowest BCUT2D eigenvalue weighted by atomic mass is 9.92. The Morgan fingerprint density at radius 2 is 2.12 bits per heavy atom. The van der Waals surface area contributed by atoms with E-state index >= 15 is 0 Å². The number of fused-ring (bicyclic) bond motifs is 1. The van der Waals surface area contributed by atoms with Crippen molar-refractivity contribution in [2.75, 3.05) is 0 Å². The number of para-hydroxylation sites is 1. The van der Waals surface area contributed by atoms with Crippen molar-refractivity contribution < 1.29 is 14.6 Å². The highest BCUT2D eigenvalue weighted by molar-refractivity contribution is 5.50. The Hall–Kier alpha value is -1.22. The lowest BCUT2D eigenvalue weighted by Crippen LogP contribution is -2.37. The van der Waals surface area contributed by atoms with Gasteiger partial charge in [-0.2, -0.15) is 0 Å². The number of ether oxygens (including phenoxy) is 2. The standard InChI is InChI=1S/C14H18O3/c1-14(2)8-9-4-3-5-12(13(9)17-14)16-11-6-10(15)7-11/h3-5,10-11,15H,6-8H2,1-2H3. The fraction of sp³-hybridized carbons (Fsp3) is 0.571. The van der Waals surface area contributed by atoms with Crippen LogP contribution >= 0.6 is 0 Å². The highest BCUT2D eigenvalue weighted by Gasteiger charge is 2.34. The summed E-state index contributed by atoms with van der Waals surface area (Å²) in [5, 5.41) is 9.26. The zero-order chi connectivity index (χ0) is 12.0. The van der Waals surface area contributed by atoms with Crippen molar-refractivity contribution in [1.29, 1.82) is 0 Å². The first-order valence-electron chi connectivity index (χ1n) is 6.19. The highest BCUT2D eigenvalue weighted by Crippen LogP contribution is 2.43. The van der Waals surface area contributed by atoms with E-state index in [9.17, 15) is 5.11 Å². The molecule has 1 N–H and O–H groups in total. The third-order valence-electron chi connectivity index (χ3n) is 3.42. The Balaban J connectivity index is 1.80. The second-order valence-corrected chi connectivity index (χ2v) is 5.65. The molecule has 0 amide bonds. The van der Waals surface area contributed by atoms with Crippen molar-refractivity contribution in [2.45, 2.75) is 50.9 Å². The minimum Gasteiger partial charge on any atom is -0.486 e. The molecule has 3 rings (SSSR count). The number of hydrogen-bond acceptors (Lipinski definition) is 3. The van der Waals surface area contributed by atoms with E-state index in [1.807, 2.05) is 12.1 Å². The Kier molecular flexibility index (Phi) is 2.33. The number of aliphatic hydroxyl groups excluding tert-OH is 1. The van der Waals surface area contributed by atoms with E-state index in [4.69, 9.17) is 9.47 Å². The average molecular weight is 234 g/mol. The van der Waals surface area contributed by atoms with Crippen LogP contribution in [0.2, 0.25) is 0 Å². The summed E-state index contributed by atoms with van der Waals surface area (Å²) >= 11 is 0. The van der Waals surface area contributed by atoms with Crippen molar-refractivity contribution in [3.8, 4) is 11.5 Å². The molecule has 2 aliphatic rings. The molecule has 1 aliphatic heterocycles. The van der Waals surface area contributed by atoms with Gasteiger partial charge in [-0.05, 0) is 19.9 Å². The van der Waals surface area contributed by atoms with Crippen LogP contribution in [-0.4, -0.2) is 22.9 Å². The fourth-order valence-electron chi connectivity index (χ4n) is 2.49. The van der Waals surface area contributed by atoms with Crippen molar-refractivity contribution in [1.82, 2.24) is 0 Å². The Morgan fingerprint density at radius 1 is 1.35 bits per heavy atom. The molecule has 0 spiro atoms. The maximum absolute atomic E-state index is 9.26. The minimum atomic E-state index is -0.186. The first kappa shape index (κ1) is 10.9. The molecule has 0 radical (unpaired) electrons. The highest BCUT2D eigenvalue weighted by atomic mass is 16.5. The van der Waals surface area contributed by atoms with Gasteiger partial charge >= 0.3 is 0 Å². The molecule has 1 aliphatic carbocycles. The fourth-order valence-corrected chi connectivity index (χ4v) is 2.49. The Bertz CT molecular complexity index is 433. The molecule has 0 unspecified atom stereocenters. The molecule has 0 aromatic heterocycles. The van der Waals surface area contributed by atoms with Crippen LogP contribution < -0.4 is 9.47 Å². The van der Waals surface area contributed by atoms with E-state index in [-0.39, 0.29) is 17.8 Å². The van der Waals surface area contributed by atoms with E-state index in [2.05, 4.69) is 19.9 Å². The van der Waals surface area contributed by atoms with Crippen LogP contribution in [0.25, 0.3) is 0 Å². The molecule has 1 heterocycles. The van der Waals surface area contributed by atoms with E-state index < -0.39 is 0 Å². The molecule has 1 saturated carbocycles. The molecule has 0 bridgehead atoms. The first-order chi connectivity index (χ1) is 8.03. The summed E-state index contributed by atoms with van der Waals surface area (Å²) in [5.41, 5.74) is 1.08. The number of benzene rings is 1. The summed E-state index contributed by atoms with van der Waals surface area (Å²) in [6, 6.07) is 6.05. The van der Waals surface area contributed by atoms with E-state index in [1.54, 1.807) is 0 Å². The summed E-state index contributed by atoms with van der Waals surface area (Å²) in [5.74, 6) is 1.71. The summed E-state index contributed by atoms with van der Waals surface area (Å²) < 4.78 is 11.8. The average Bonchev–Trinajstić information content (AvgIpc) is 2.51. The normalized spacial score (nSPS) is 29.1. The quantitative estimate of drug-likeness (QED) is 0.853. The van der Waals surface area contributed by atoms with Gasteiger partial charge in [0.25, 0.3) is 0 Å². The lowest BCUT2D eigenvalue weighted by molar-refractivity contribution is -0.0129. The van der Waals surface area contributed by atoms with Crippen LogP contribution in [0.1, 0.15) is 32.3 Å². The molecule has 3 nitrogen and oxygen atoms in total. The Morgan fingerprint density at radius 3 is 2.82 bits per heavy atom. The van der Waals surface area contributed by atoms with Gasteiger partial charge in [0.2, 0.25) is 0 Å². The van der Waals surface area contributed by atoms with Gasteiger partial charge in [-0.3, -0.25) is 0 Å². The molecule has 1 fully saturated rings. The van der Waals surface area contributed by atoms with Crippen molar-refractivity contribution in [2.24, 2.45) is 0 Å². The zero-order valence-electron chi connectivity index (χ0n) is 10.3. The number of aliphatic hydroxyl groups is 1. The monoisotopic (exact) mass is 234 g/mol. The van der Waals surface area contributed by atoms with Crippen LogP contribution in [0.3, 0.4) is 0 Å². The molecular weight excluding hydrogens is 216 g/mol. The van der Waals surface area contributed by atoms with Gasteiger partial charge < -0.3 is 14.6 Å². The van der Waals surface area contributed by atoms with Crippen molar-refractivity contribution >= 4 is 0 Å². The molecular formula is C14H18O3. The molecule has 92 valence electrons. The number of rotatable bonds is 2. The van der Waals surface area contributed by atoms with Crippen LogP contribution in [0.5, 0.6) is 11.5 Å². The second-order valence-electron chi connectivity index (χ2n) is 5.65. The van der Waals surface area contributed by atoms with Crippen LogP contribution in [-0.2, 0) is 6.42 Å². The van der Waals surface area contributed by atoms with Gasteiger partial charge in [0, 0.05) is 24.8 Å². The molecule has 3 heteroatoms. The van der Waals surface area contributed by atoms with Crippen molar-refractivity contribution in [3.63, 3.8) is 0 Å². The summed E-state index contributed by atoms with van der Waals surface area (Å²) in [6.07, 6.45) is 2.34. The van der Waals surface area contributed by atoms with Crippen LogP contribution in [0, 0.1) is 0 Å². The van der Waals surface area contributed by atoms with E-state index in [0.29, 0.717) is 0 Å². The van der Waals surface area contributed by atoms with Crippen LogP contribution in [0.4, 0.5) is 0 Å². The zero-order valence-corrected chi connectivity index (χ0v) is 10.3. The van der Waals surface area contributed by atoms with Gasteiger partial charge in [-0.1, -0.05) is 12.1 Å². The molecule has 0 atom stereocenters. The Labute approximate surface area is 101 Å². The van der Waals surface area contributed by atoms with Gasteiger partial charge in [0.05, 0.1) is 6.10 Å². The van der Waals surface area contributed by atoms with Gasteiger partial charge in [-0.25, -0.2) is 0 Å². The van der Waals surface area contributed by atoms with Gasteiger partial charge in [0.1, 0.15) is 11.7 Å². The summed E-state index contributed by atoms with van der Waals surface area (Å²) in [4.78, 5) is 0. The minimum absolute atomic E-state index is 0.138. The SMILES string of the molecule is CC1(C)Cc2cccc(OC3CC(O)C3)c2O1. The largest absolute Gasteiger partial charge is 0.486 e. The maximum Gasteiger partial charge on any atom is 0.165 e. The van der Waals surface area contributed by atoms with E-state index in [0.717, 1.165) is 30.8 Å². The van der Waals surface area contributed by atoms with E-state index in [1.165, 1.54) is 5.56 Å². The predicted octanol–water partition coefficient (Wildman–Crippen LogP) is 2.30. The maximum atomic E-state index is 9.26. The molecule has 17 heavy (non-hydrogen) atoms. The second kappa shape index (κ2) is 3.64. The predicted molar refractivity (Wildman–Crippen MR) is 64.5 cm³/mol.